The van der Waals surface area contributed by atoms with Gasteiger partial charge in [-0.1, -0.05) is 13.0 Å². The normalized spacial score (nSPS) is 12.6. The minimum absolute atomic E-state index is 0.404. The van der Waals surface area contributed by atoms with Gasteiger partial charge in [-0.15, -0.1) is 0 Å². The largest absolute Gasteiger partial charge is 0.385 e. The van der Waals surface area contributed by atoms with Crippen molar-refractivity contribution in [1.29, 1.82) is 0 Å². The third-order valence-corrected chi connectivity index (χ3v) is 2.75. The van der Waals surface area contributed by atoms with Crippen LogP contribution in [0.4, 0.5) is 5.82 Å². The smallest absolute Gasteiger partial charge is 0.126 e. The van der Waals surface area contributed by atoms with Crippen LogP contribution in [-0.2, 0) is 11.2 Å². The Balaban J connectivity index is 2.55. The number of anilines is 1. The lowest BCUT2D eigenvalue weighted by Gasteiger charge is -2.18. The van der Waals surface area contributed by atoms with E-state index in [4.69, 9.17) is 10.5 Å². The van der Waals surface area contributed by atoms with E-state index in [2.05, 4.69) is 17.2 Å². The van der Waals surface area contributed by atoms with Gasteiger partial charge in [0.25, 0.3) is 0 Å². The summed E-state index contributed by atoms with van der Waals surface area (Å²) < 4.78 is 5.13. The van der Waals surface area contributed by atoms with Gasteiger partial charge in [-0.3, -0.25) is 0 Å². The quantitative estimate of drug-likeness (QED) is 0.721. The molecule has 0 aliphatic heterocycles. The molecule has 17 heavy (non-hydrogen) atoms. The molecule has 0 saturated carbocycles. The van der Waals surface area contributed by atoms with Crippen LogP contribution in [0.25, 0.3) is 0 Å². The predicted molar refractivity (Wildman–Crippen MR) is 70.9 cm³/mol. The first-order valence-corrected chi connectivity index (χ1v) is 6.19. The number of hydrogen-bond acceptors (Lipinski definition) is 4. The number of nitrogen functional groups attached to an aromatic ring is 1. The van der Waals surface area contributed by atoms with E-state index in [-0.39, 0.29) is 0 Å². The Bertz CT molecular complexity index is 309. The maximum Gasteiger partial charge on any atom is 0.126 e. The highest BCUT2D eigenvalue weighted by molar-refractivity contribution is 5.38. The first kappa shape index (κ1) is 13.9. The highest BCUT2D eigenvalue weighted by Gasteiger charge is 2.10. The van der Waals surface area contributed by atoms with Crippen molar-refractivity contribution in [3.63, 3.8) is 0 Å². The minimum atomic E-state index is 0.404. The van der Waals surface area contributed by atoms with E-state index >= 15 is 0 Å². The maximum absolute atomic E-state index is 5.86. The molecular formula is C13H23N3O. The lowest BCUT2D eigenvalue weighted by Crippen LogP contribution is -2.33. The Morgan fingerprint density at radius 1 is 1.53 bits per heavy atom. The maximum atomic E-state index is 5.86. The summed E-state index contributed by atoms with van der Waals surface area (Å²) in [5, 5.41) is 3.52. The van der Waals surface area contributed by atoms with Crippen LogP contribution in [0.3, 0.4) is 0 Å². The van der Waals surface area contributed by atoms with E-state index in [1.807, 2.05) is 12.1 Å². The molecule has 1 aromatic rings. The Morgan fingerprint density at radius 2 is 2.35 bits per heavy atom. The van der Waals surface area contributed by atoms with Crippen LogP contribution in [0.2, 0.25) is 0 Å². The summed E-state index contributed by atoms with van der Waals surface area (Å²) in [5.41, 5.74) is 6.96. The molecule has 0 amide bonds. The van der Waals surface area contributed by atoms with Gasteiger partial charge < -0.3 is 15.8 Å². The summed E-state index contributed by atoms with van der Waals surface area (Å²) in [5.74, 6) is 0.633. The van der Waals surface area contributed by atoms with Crippen molar-refractivity contribution in [2.75, 3.05) is 26.0 Å². The number of nitrogens with zero attached hydrogens (tertiary/aromatic N) is 1. The summed E-state index contributed by atoms with van der Waals surface area (Å²) >= 11 is 0. The SMILES string of the molecule is CCCNC(CCOC)Cc1cccnc1N. The van der Waals surface area contributed by atoms with Crippen LogP contribution in [0, 0.1) is 0 Å². The monoisotopic (exact) mass is 237 g/mol. The molecule has 1 unspecified atom stereocenters. The second kappa shape index (κ2) is 8.03. The van der Waals surface area contributed by atoms with Crippen molar-refractivity contribution >= 4 is 5.82 Å². The molecule has 1 heterocycles. The highest BCUT2D eigenvalue weighted by atomic mass is 16.5. The molecule has 0 bridgehead atoms. The summed E-state index contributed by atoms with van der Waals surface area (Å²) in [6.45, 7) is 3.95. The van der Waals surface area contributed by atoms with Gasteiger partial charge in [0.2, 0.25) is 0 Å². The Morgan fingerprint density at radius 3 is 3.00 bits per heavy atom. The van der Waals surface area contributed by atoms with Crippen LogP contribution >= 0.6 is 0 Å². The third-order valence-electron chi connectivity index (χ3n) is 2.75. The predicted octanol–water partition coefficient (Wildman–Crippen LogP) is 1.61. The lowest BCUT2D eigenvalue weighted by molar-refractivity contribution is 0.182. The van der Waals surface area contributed by atoms with Crippen LogP contribution in [0.15, 0.2) is 18.3 Å². The molecular weight excluding hydrogens is 214 g/mol. The van der Waals surface area contributed by atoms with Crippen molar-refractivity contribution in [3.8, 4) is 0 Å². The van der Waals surface area contributed by atoms with Gasteiger partial charge in [-0.25, -0.2) is 4.98 Å². The molecule has 4 nitrogen and oxygen atoms in total. The van der Waals surface area contributed by atoms with Crippen LogP contribution in [0.5, 0.6) is 0 Å². The molecule has 96 valence electrons. The van der Waals surface area contributed by atoms with Gasteiger partial charge in [0.15, 0.2) is 0 Å². The summed E-state index contributed by atoms with van der Waals surface area (Å²) in [7, 11) is 1.73. The van der Waals surface area contributed by atoms with E-state index in [1.165, 1.54) is 0 Å². The number of hydrogen-bond donors (Lipinski definition) is 2. The molecule has 0 aromatic carbocycles. The fraction of sp³-hybridized carbons (Fsp3) is 0.615. The molecule has 0 aliphatic carbocycles. The van der Waals surface area contributed by atoms with E-state index < -0.39 is 0 Å². The first-order chi connectivity index (χ1) is 8.27. The van der Waals surface area contributed by atoms with Gasteiger partial charge in [-0.2, -0.15) is 0 Å². The van der Waals surface area contributed by atoms with Gasteiger partial charge in [0, 0.05) is 26.0 Å². The van der Waals surface area contributed by atoms with Gasteiger partial charge >= 0.3 is 0 Å². The minimum Gasteiger partial charge on any atom is -0.385 e. The Labute approximate surface area is 104 Å². The molecule has 4 heteroatoms. The number of aromatic nitrogens is 1. The molecule has 1 atom stereocenters. The number of rotatable bonds is 8. The molecule has 0 aliphatic rings. The van der Waals surface area contributed by atoms with Crippen LogP contribution in [-0.4, -0.2) is 31.3 Å². The van der Waals surface area contributed by atoms with Crippen molar-refractivity contribution in [2.24, 2.45) is 0 Å². The van der Waals surface area contributed by atoms with Crippen LogP contribution < -0.4 is 11.1 Å². The molecule has 1 aromatic heterocycles. The zero-order valence-electron chi connectivity index (χ0n) is 10.8. The zero-order valence-corrected chi connectivity index (χ0v) is 10.8. The molecule has 0 radical (unpaired) electrons. The summed E-state index contributed by atoms with van der Waals surface area (Å²) in [6, 6.07) is 4.37. The van der Waals surface area contributed by atoms with Crippen molar-refractivity contribution in [2.45, 2.75) is 32.2 Å². The second-order valence-electron chi connectivity index (χ2n) is 4.18. The first-order valence-electron chi connectivity index (χ1n) is 6.19. The van der Waals surface area contributed by atoms with Gasteiger partial charge in [0.1, 0.15) is 5.82 Å². The third kappa shape index (κ3) is 5.15. The standard InChI is InChI=1S/C13H23N3O/c1-3-7-15-12(6-9-17-2)10-11-5-4-8-16-13(11)14/h4-5,8,12,15H,3,6-7,9-10H2,1-2H3,(H2,14,16). The van der Waals surface area contributed by atoms with Crippen LogP contribution in [0.1, 0.15) is 25.3 Å². The number of ether oxygens (including phenoxy) is 1. The van der Waals surface area contributed by atoms with Crippen molar-refractivity contribution in [3.05, 3.63) is 23.9 Å². The average Bonchev–Trinajstić information content (AvgIpc) is 2.35. The second-order valence-corrected chi connectivity index (χ2v) is 4.18. The topological polar surface area (TPSA) is 60.2 Å². The van der Waals surface area contributed by atoms with Gasteiger partial charge in [0.05, 0.1) is 0 Å². The summed E-state index contributed by atoms with van der Waals surface area (Å²) in [6.07, 6.45) is 4.75. The van der Waals surface area contributed by atoms with E-state index in [1.54, 1.807) is 13.3 Å². The van der Waals surface area contributed by atoms with E-state index in [0.717, 1.165) is 38.0 Å². The molecule has 0 saturated heterocycles. The fourth-order valence-corrected chi connectivity index (χ4v) is 1.77. The number of methoxy groups -OCH3 is 1. The Kier molecular flexibility index (Phi) is 6.58. The highest BCUT2D eigenvalue weighted by Crippen LogP contribution is 2.11. The molecule has 1 rings (SSSR count). The summed E-state index contributed by atoms with van der Waals surface area (Å²) in [4.78, 5) is 4.11. The lowest BCUT2D eigenvalue weighted by atomic mass is 10.0. The number of nitrogens with one attached hydrogen (secondary N) is 1. The number of nitrogens with two attached hydrogens (primary N) is 1. The number of pyridine rings is 1. The van der Waals surface area contributed by atoms with Crippen molar-refractivity contribution in [1.82, 2.24) is 10.3 Å². The van der Waals surface area contributed by atoms with Crippen molar-refractivity contribution < 1.29 is 4.74 Å². The molecule has 3 N–H and O–H groups in total. The van der Waals surface area contributed by atoms with E-state index in [9.17, 15) is 0 Å². The van der Waals surface area contributed by atoms with Gasteiger partial charge in [-0.05, 0) is 37.4 Å². The zero-order chi connectivity index (χ0) is 12.5. The molecule has 0 fully saturated rings. The Hall–Kier alpha value is -1.13. The average molecular weight is 237 g/mol. The van der Waals surface area contributed by atoms with E-state index in [0.29, 0.717) is 11.9 Å². The fourth-order valence-electron chi connectivity index (χ4n) is 1.77. The molecule has 0 spiro atoms.